The molecule has 4 heteroatoms. The minimum atomic E-state index is 0.281. The molecule has 1 rings (SSSR count). The highest BCUT2D eigenvalue weighted by atomic mass is 16.3. The molecule has 1 aromatic rings. The van der Waals surface area contributed by atoms with Gasteiger partial charge in [-0.1, -0.05) is 18.7 Å². The standard InChI is InChI=1S/C5H14NO.C3H3N2/c1-6(2,3)4-5-7;1-2-5-3-4-1/h7H,4-5H2,1-3H3;1-3H/q+1;-1. The first-order chi connectivity index (χ1) is 5.56. The first-order valence-electron chi connectivity index (χ1n) is 3.84. The van der Waals surface area contributed by atoms with Gasteiger partial charge in [-0.25, -0.2) is 0 Å². The second-order valence-electron chi connectivity index (χ2n) is 3.45. The van der Waals surface area contributed by atoms with Gasteiger partial charge in [-0.05, 0) is 0 Å². The van der Waals surface area contributed by atoms with E-state index in [4.69, 9.17) is 5.11 Å². The topological polar surface area (TPSA) is 47.2 Å². The summed E-state index contributed by atoms with van der Waals surface area (Å²) in [6.45, 7) is 1.11. The summed E-state index contributed by atoms with van der Waals surface area (Å²) in [4.78, 5) is 7.22. The predicted octanol–water partition coefficient (Wildman–Crippen LogP) is -0.276. The third kappa shape index (κ3) is 9.13. The number of aliphatic hydroxyl groups is 1. The molecule has 0 bridgehead atoms. The van der Waals surface area contributed by atoms with Crippen LogP contribution in [0.3, 0.4) is 0 Å². The maximum atomic E-state index is 8.39. The number of hydrogen-bond acceptors (Lipinski definition) is 2. The lowest BCUT2D eigenvalue weighted by atomic mass is 10.5. The molecular weight excluding hydrogens is 154 g/mol. The molecule has 0 aliphatic rings. The van der Waals surface area contributed by atoms with Gasteiger partial charge in [-0.2, -0.15) is 0 Å². The van der Waals surface area contributed by atoms with Gasteiger partial charge in [0.15, 0.2) is 0 Å². The third-order valence-electron chi connectivity index (χ3n) is 1.14. The Hall–Kier alpha value is -0.870. The number of hydrogen-bond donors (Lipinski definition) is 1. The zero-order chi connectivity index (χ0) is 9.45. The van der Waals surface area contributed by atoms with E-state index in [1.165, 1.54) is 6.33 Å². The van der Waals surface area contributed by atoms with Crippen LogP contribution in [0.2, 0.25) is 0 Å². The first-order valence-corrected chi connectivity index (χ1v) is 3.84. The maximum Gasteiger partial charge on any atom is 0.101 e. The van der Waals surface area contributed by atoms with Gasteiger partial charge >= 0.3 is 0 Å². The van der Waals surface area contributed by atoms with E-state index in [-0.39, 0.29) is 6.61 Å². The third-order valence-corrected chi connectivity index (χ3v) is 1.14. The molecule has 12 heavy (non-hydrogen) atoms. The molecule has 0 aliphatic carbocycles. The largest absolute Gasteiger partial charge is 0.450 e. The Morgan fingerprint density at radius 1 is 1.42 bits per heavy atom. The smallest absolute Gasteiger partial charge is 0.101 e. The Morgan fingerprint density at radius 3 is 2.17 bits per heavy atom. The average Bonchev–Trinajstić information content (AvgIpc) is 2.38. The van der Waals surface area contributed by atoms with Gasteiger partial charge in [0.25, 0.3) is 0 Å². The molecule has 0 saturated carbocycles. The Bertz CT molecular complexity index is 150. The fourth-order valence-electron chi connectivity index (χ4n) is 0.492. The van der Waals surface area contributed by atoms with E-state index < -0.39 is 0 Å². The van der Waals surface area contributed by atoms with Gasteiger partial charge in [0.2, 0.25) is 0 Å². The van der Waals surface area contributed by atoms with Crippen molar-refractivity contribution in [2.24, 2.45) is 0 Å². The highest BCUT2D eigenvalue weighted by Crippen LogP contribution is 1.84. The van der Waals surface area contributed by atoms with Crippen molar-refractivity contribution in [3.63, 3.8) is 0 Å². The highest BCUT2D eigenvalue weighted by Gasteiger charge is 2.02. The molecule has 0 aromatic carbocycles. The Morgan fingerprint density at radius 2 is 2.08 bits per heavy atom. The molecule has 0 fully saturated rings. The summed E-state index contributed by atoms with van der Waals surface area (Å²) in [6, 6.07) is 0. The summed E-state index contributed by atoms with van der Waals surface area (Å²) in [5.74, 6) is 0. The van der Waals surface area contributed by atoms with Crippen LogP contribution in [0.5, 0.6) is 0 Å². The summed E-state index contributed by atoms with van der Waals surface area (Å²) in [7, 11) is 6.16. The minimum Gasteiger partial charge on any atom is -0.450 e. The van der Waals surface area contributed by atoms with E-state index in [0.717, 1.165) is 11.0 Å². The molecule has 70 valence electrons. The number of imidazole rings is 1. The van der Waals surface area contributed by atoms with Gasteiger partial charge in [0.05, 0.1) is 27.7 Å². The molecule has 0 unspecified atom stereocenters. The van der Waals surface area contributed by atoms with Crippen LogP contribution in [0.1, 0.15) is 0 Å². The van der Waals surface area contributed by atoms with Crippen molar-refractivity contribution in [1.29, 1.82) is 0 Å². The molecule has 0 radical (unpaired) electrons. The van der Waals surface area contributed by atoms with E-state index in [9.17, 15) is 0 Å². The van der Waals surface area contributed by atoms with Crippen LogP contribution >= 0.6 is 0 Å². The monoisotopic (exact) mass is 171 g/mol. The second-order valence-corrected chi connectivity index (χ2v) is 3.45. The molecule has 0 amide bonds. The van der Waals surface area contributed by atoms with Crippen molar-refractivity contribution in [2.75, 3.05) is 34.3 Å². The molecule has 1 aromatic heterocycles. The zero-order valence-corrected chi connectivity index (χ0v) is 7.94. The van der Waals surface area contributed by atoms with Crippen LogP contribution in [0.25, 0.3) is 0 Å². The van der Waals surface area contributed by atoms with Crippen molar-refractivity contribution in [3.8, 4) is 0 Å². The van der Waals surface area contributed by atoms with Crippen LogP contribution in [-0.4, -0.2) is 48.9 Å². The van der Waals surface area contributed by atoms with Gasteiger partial charge in [0.1, 0.15) is 6.54 Å². The van der Waals surface area contributed by atoms with Crippen LogP contribution in [0.15, 0.2) is 18.7 Å². The SMILES string of the molecule is C[N+](C)(C)CCO.c1c[n-]cn1. The second kappa shape index (κ2) is 5.74. The van der Waals surface area contributed by atoms with Crippen molar-refractivity contribution in [2.45, 2.75) is 0 Å². The lowest BCUT2D eigenvalue weighted by Crippen LogP contribution is -2.36. The van der Waals surface area contributed by atoms with Gasteiger partial charge < -0.3 is 19.6 Å². The molecular formula is C8H17N3O. The average molecular weight is 171 g/mol. The summed E-state index contributed by atoms with van der Waals surface area (Å²) >= 11 is 0. The van der Waals surface area contributed by atoms with Gasteiger partial charge in [-0.3, -0.25) is 0 Å². The number of nitrogens with zero attached hydrogens (tertiary/aromatic N) is 3. The van der Waals surface area contributed by atoms with Gasteiger partial charge in [-0.15, -0.1) is 0 Å². The highest BCUT2D eigenvalue weighted by molar-refractivity contribution is 4.64. The molecule has 0 spiro atoms. The molecule has 4 nitrogen and oxygen atoms in total. The van der Waals surface area contributed by atoms with E-state index in [1.54, 1.807) is 12.4 Å². The van der Waals surface area contributed by atoms with Crippen molar-refractivity contribution in [1.82, 2.24) is 9.97 Å². The van der Waals surface area contributed by atoms with Crippen LogP contribution < -0.4 is 4.98 Å². The number of aromatic nitrogens is 2. The summed E-state index contributed by atoms with van der Waals surface area (Å²) in [5.41, 5.74) is 0. The fraction of sp³-hybridized carbons (Fsp3) is 0.625. The summed E-state index contributed by atoms with van der Waals surface area (Å²) in [5, 5.41) is 8.39. The summed E-state index contributed by atoms with van der Waals surface area (Å²) in [6.07, 6.45) is 4.78. The Labute approximate surface area is 73.5 Å². The van der Waals surface area contributed by atoms with Gasteiger partial charge in [0, 0.05) is 0 Å². The molecule has 0 saturated heterocycles. The predicted molar refractivity (Wildman–Crippen MR) is 47.5 cm³/mol. The molecule has 0 atom stereocenters. The van der Waals surface area contributed by atoms with Crippen molar-refractivity contribution < 1.29 is 9.59 Å². The van der Waals surface area contributed by atoms with Crippen molar-refractivity contribution >= 4 is 0 Å². The van der Waals surface area contributed by atoms with E-state index in [0.29, 0.717) is 0 Å². The lowest BCUT2D eigenvalue weighted by molar-refractivity contribution is -0.870. The normalized spacial score (nSPS) is 10.3. The minimum absolute atomic E-state index is 0.281. The first kappa shape index (κ1) is 11.1. The molecule has 0 aliphatic heterocycles. The Balaban J connectivity index is 0.000000211. The number of rotatable bonds is 2. The number of quaternary nitrogens is 1. The van der Waals surface area contributed by atoms with Crippen LogP contribution in [0, 0.1) is 0 Å². The quantitative estimate of drug-likeness (QED) is 0.623. The van der Waals surface area contributed by atoms with Crippen molar-refractivity contribution in [3.05, 3.63) is 18.7 Å². The Kier molecular flexibility index (Phi) is 5.32. The zero-order valence-electron chi connectivity index (χ0n) is 7.94. The molecule has 1 N–H and O–H groups in total. The van der Waals surface area contributed by atoms with E-state index in [1.807, 2.05) is 0 Å². The maximum absolute atomic E-state index is 8.39. The molecule has 1 heterocycles. The number of likely N-dealkylation sites (N-methyl/N-ethyl adjacent to an activating group) is 1. The van der Waals surface area contributed by atoms with E-state index in [2.05, 4.69) is 31.1 Å². The summed E-state index contributed by atoms with van der Waals surface area (Å²) < 4.78 is 0.844. The van der Waals surface area contributed by atoms with Crippen LogP contribution in [-0.2, 0) is 0 Å². The van der Waals surface area contributed by atoms with Crippen LogP contribution in [0.4, 0.5) is 0 Å². The number of aliphatic hydroxyl groups excluding tert-OH is 1. The fourth-order valence-corrected chi connectivity index (χ4v) is 0.492. The van der Waals surface area contributed by atoms with E-state index >= 15 is 0 Å². The lowest BCUT2D eigenvalue weighted by Gasteiger charge is -2.21.